The molecule has 0 amide bonds. The number of aryl methyl sites for hydroxylation is 1. The third-order valence-electron chi connectivity index (χ3n) is 1.76. The van der Waals surface area contributed by atoms with E-state index >= 15 is 0 Å². The highest BCUT2D eigenvalue weighted by Crippen LogP contribution is 2.26. The van der Waals surface area contributed by atoms with Crippen LogP contribution in [0.15, 0.2) is 18.3 Å². The van der Waals surface area contributed by atoms with Gasteiger partial charge in [0.15, 0.2) is 5.75 Å². The SMILES string of the molecule is Cc1ncccc1Oc1nc(Cl)nnc1Cl. The van der Waals surface area contributed by atoms with Crippen LogP contribution in [0.1, 0.15) is 5.69 Å². The molecule has 0 saturated heterocycles. The van der Waals surface area contributed by atoms with Crippen molar-refractivity contribution in [2.45, 2.75) is 6.92 Å². The van der Waals surface area contributed by atoms with Gasteiger partial charge in [-0.15, -0.1) is 10.2 Å². The molecular formula is C9H6Cl2N4O. The molecule has 0 atom stereocenters. The van der Waals surface area contributed by atoms with Gasteiger partial charge in [-0.25, -0.2) is 0 Å². The summed E-state index contributed by atoms with van der Waals surface area (Å²) in [5, 5.41) is 7.08. The van der Waals surface area contributed by atoms with Gasteiger partial charge >= 0.3 is 0 Å². The molecule has 7 heteroatoms. The quantitative estimate of drug-likeness (QED) is 0.827. The molecule has 5 nitrogen and oxygen atoms in total. The number of aromatic nitrogens is 4. The predicted molar refractivity (Wildman–Crippen MR) is 58.9 cm³/mol. The summed E-state index contributed by atoms with van der Waals surface area (Å²) in [5.74, 6) is 0.652. The molecule has 0 fully saturated rings. The minimum absolute atomic E-state index is 0.0269. The van der Waals surface area contributed by atoms with Gasteiger partial charge in [0.25, 0.3) is 5.88 Å². The molecule has 0 aliphatic heterocycles. The second kappa shape index (κ2) is 4.59. The topological polar surface area (TPSA) is 60.8 Å². The zero-order chi connectivity index (χ0) is 11.5. The minimum Gasteiger partial charge on any atom is -0.434 e. The van der Waals surface area contributed by atoms with Crippen molar-refractivity contribution in [1.82, 2.24) is 20.2 Å². The molecule has 82 valence electrons. The van der Waals surface area contributed by atoms with Gasteiger partial charge in [-0.1, -0.05) is 11.6 Å². The molecule has 2 aromatic rings. The van der Waals surface area contributed by atoms with E-state index in [1.807, 2.05) is 0 Å². The van der Waals surface area contributed by atoms with Crippen LogP contribution in [0.2, 0.25) is 10.4 Å². The monoisotopic (exact) mass is 256 g/mol. The molecule has 2 heterocycles. The Labute approximate surface area is 101 Å². The van der Waals surface area contributed by atoms with Crippen LogP contribution in [0.3, 0.4) is 0 Å². The van der Waals surface area contributed by atoms with Gasteiger partial charge in [-0.3, -0.25) is 4.98 Å². The molecule has 0 bridgehead atoms. The highest BCUT2D eigenvalue weighted by Gasteiger charge is 2.10. The van der Waals surface area contributed by atoms with Crippen LogP contribution >= 0.6 is 23.2 Å². The predicted octanol–water partition coefficient (Wildman–Crippen LogP) is 2.67. The van der Waals surface area contributed by atoms with Gasteiger partial charge in [0.1, 0.15) is 0 Å². The first-order valence-corrected chi connectivity index (χ1v) is 5.07. The number of halogens is 2. The molecule has 0 spiro atoms. The lowest BCUT2D eigenvalue weighted by Gasteiger charge is -2.06. The lowest BCUT2D eigenvalue weighted by molar-refractivity contribution is 0.451. The van der Waals surface area contributed by atoms with E-state index < -0.39 is 0 Å². The third kappa shape index (κ3) is 2.37. The zero-order valence-electron chi connectivity index (χ0n) is 8.19. The van der Waals surface area contributed by atoms with Crippen molar-refractivity contribution in [1.29, 1.82) is 0 Å². The first-order chi connectivity index (χ1) is 7.66. The zero-order valence-corrected chi connectivity index (χ0v) is 9.70. The Kier molecular flexibility index (Phi) is 3.17. The van der Waals surface area contributed by atoms with Gasteiger partial charge in [-0.05, 0) is 30.7 Å². The van der Waals surface area contributed by atoms with Crippen LogP contribution in [0, 0.1) is 6.92 Å². The van der Waals surface area contributed by atoms with Crippen molar-refractivity contribution < 1.29 is 4.74 Å². The summed E-state index contributed by atoms with van der Waals surface area (Å²) in [7, 11) is 0. The number of hydrogen-bond donors (Lipinski definition) is 0. The molecule has 0 unspecified atom stereocenters. The largest absolute Gasteiger partial charge is 0.434 e. The van der Waals surface area contributed by atoms with Crippen molar-refractivity contribution in [2.24, 2.45) is 0 Å². The Balaban J connectivity index is 2.34. The van der Waals surface area contributed by atoms with E-state index in [-0.39, 0.29) is 16.3 Å². The van der Waals surface area contributed by atoms with Gasteiger partial charge in [0.2, 0.25) is 10.4 Å². The fraction of sp³-hybridized carbons (Fsp3) is 0.111. The van der Waals surface area contributed by atoms with Crippen LogP contribution < -0.4 is 4.74 Å². The van der Waals surface area contributed by atoms with E-state index in [1.165, 1.54) is 0 Å². The molecular weight excluding hydrogens is 251 g/mol. The Bertz CT molecular complexity index is 521. The van der Waals surface area contributed by atoms with Crippen molar-refractivity contribution in [3.05, 3.63) is 34.5 Å². The standard InChI is InChI=1S/C9H6Cl2N4O/c1-5-6(3-2-4-12-5)16-8-7(10)14-15-9(11)13-8/h2-4H,1H3. The molecule has 2 rings (SSSR count). The average molecular weight is 257 g/mol. The minimum atomic E-state index is -0.0269. The summed E-state index contributed by atoms with van der Waals surface area (Å²) < 4.78 is 5.43. The summed E-state index contributed by atoms with van der Waals surface area (Å²) in [6.07, 6.45) is 1.66. The van der Waals surface area contributed by atoms with Crippen LogP contribution in [-0.2, 0) is 0 Å². The van der Waals surface area contributed by atoms with Crippen molar-refractivity contribution in [3.63, 3.8) is 0 Å². The maximum Gasteiger partial charge on any atom is 0.262 e. The van der Waals surface area contributed by atoms with Crippen LogP contribution in [0.4, 0.5) is 0 Å². The molecule has 16 heavy (non-hydrogen) atoms. The summed E-state index contributed by atoms with van der Waals surface area (Å²) in [4.78, 5) is 7.88. The van der Waals surface area contributed by atoms with E-state index in [2.05, 4.69) is 20.2 Å². The number of nitrogens with zero attached hydrogens (tertiary/aromatic N) is 4. The summed E-state index contributed by atoms with van der Waals surface area (Å²) in [6.45, 7) is 1.81. The normalized spacial score (nSPS) is 10.2. The maximum absolute atomic E-state index is 5.76. The van der Waals surface area contributed by atoms with Crippen molar-refractivity contribution >= 4 is 23.2 Å². The van der Waals surface area contributed by atoms with Gasteiger partial charge < -0.3 is 4.74 Å². The van der Waals surface area contributed by atoms with Crippen LogP contribution in [-0.4, -0.2) is 20.2 Å². The van der Waals surface area contributed by atoms with E-state index in [9.17, 15) is 0 Å². The fourth-order valence-corrected chi connectivity index (χ4v) is 1.26. The van der Waals surface area contributed by atoms with E-state index in [0.29, 0.717) is 11.4 Å². The summed E-state index contributed by atoms with van der Waals surface area (Å²) in [6, 6.07) is 3.49. The second-order valence-corrected chi connectivity index (χ2v) is 3.56. The number of rotatable bonds is 2. The lowest BCUT2D eigenvalue weighted by Crippen LogP contribution is -1.96. The smallest absolute Gasteiger partial charge is 0.262 e. The molecule has 0 aliphatic carbocycles. The summed E-state index contributed by atoms with van der Waals surface area (Å²) in [5.41, 5.74) is 0.716. The Hall–Kier alpha value is -1.46. The Morgan fingerprint density at radius 1 is 1.25 bits per heavy atom. The number of pyridine rings is 1. The van der Waals surface area contributed by atoms with E-state index in [4.69, 9.17) is 27.9 Å². The number of ether oxygens (including phenoxy) is 1. The van der Waals surface area contributed by atoms with Crippen LogP contribution in [0.5, 0.6) is 11.6 Å². The molecule has 0 saturated carbocycles. The molecule has 0 aromatic carbocycles. The Morgan fingerprint density at radius 3 is 2.81 bits per heavy atom. The van der Waals surface area contributed by atoms with Gasteiger partial charge in [-0.2, -0.15) is 4.98 Å². The lowest BCUT2D eigenvalue weighted by atomic mass is 10.3. The highest BCUT2D eigenvalue weighted by atomic mass is 35.5. The third-order valence-corrected chi connectivity index (χ3v) is 2.15. The van der Waals surface area contributed by atoms with Gasteiger partial charge in [0.05, 0.1) is 5.69 Å². The number of hydrogen-bond acceptors (Lipinski definition) is 5. The second-order valence-electron chi connectivity index (χ2n) is 2.87. The Morgan fingerprint density at radius 2 is 2.06 bits per heavy atom. The van der Waals surface area contributed by atoms with E-state index in [1.54, 1.807) is 25.3 Å². The maximum atomic E-state index is 5.76. The molecule has 0 aliphatic rings. The molecule has 2 aromatic heterocycles. The van der Waals surface area contributed by atoms with Gasteiger partial charge in [0, 0.05) is 6.20 Å². The first kappa shape index (κ1) is 11.0. The average Bonchev–Trinajstić information content (AvgIpc) is 2.27. The van der Waals surface area contributed by atoms with Crippen molar-refractivity contribution in [3.8, 4) is 11.6 Å². The fourth-order valence-electron chi connectivity index (χ4n) is 1.03. The van der Waals surface area contributed by atoms with E-state index in [0.717, 1.165) is 0 Å². The molecule has 0 N–H and O–H groups in total. The van der Waals surface area contributed by atoms with Crippen LogP contribution in [0.25, 0.3) is 0 Å². The highest BCUT2D eigenvalue weighted by molar-refractivity contribution is 6.31. The van der Waals surface area contributed by atoms with Crippen molar-refractivity contribution in [2.75, 3.05) is 0 Å². The molecule has 0 radical (unpaired) electrons. The first-order valence-electron chi connectivity index (χ1n) is 4.32. The summed E-state index contributed by atoms with van der Waals surface area (Å²) >= 11 is 11.3.